The van der Waals surface area contributed by atoms with Crippen LogP contribution in [0.15, 0.2) is 24.3 Å². The molecule has 33 heavy (non-hydrogen) atoms. The Morgan fingerprint density at radius 3 is 2.85 bits per heavy atom. The fourth-order valence-corrected chi connectivity index (χ4v) is 4.97. The molecule has 2 unspecified atom stereocenters. The first-order valence-corrected chi connectivity index (χ1v) is 11.1. The van der Waals surface area contributed by atoms with E-state index < -0.39 is 11.7 Å². The van der Waals surface area contributed by atoms with Crippen LogP contribution in [0.4, 0.5) is 13.2 Å². The maximum atomic E-state index is 13.9. The van der Waals surface area contributed by atoms with Gasteiger partial charge < -0.3 is 5.32 Å². The minimum absolute atomic E-state index is 0.0403. The Labute approximate surface area is 189 Å². The van der Waals surface area contributed by atoms with E-state index in [0.717, 1.165) is 32.1 Å². The van der Waals surface area contributed by atoms with Gasteiger partial charge in [0.1, 0.15) is 11.6 Å². The molecule has 2 saturated heterocycles. The Bertz CT molecular complexity index is 1230. The molecule has 1 N–H and O–H groups in total. The zero-order valence-corrected chi connectivity index (χ0v) is 18.2. The summed E-state index contributed by atoms with van der Waals surface area (Å²) in [4.78, 5) is 6.66. The number of benzene rings is 1. The van der Waals surface area contributed by atoms with Crippen molar-refractivity contribution in [1.82, 2.24) is 30.2 Å². The molecule has 4 heterocycles. The van der Waals surface area contributed by atoms with E-state index in [2.05, 4.69) is 25.5 Å². The van der Waals surface area contributed by atoms with Crippen molar-refractivity contribution in [1.29, 1.82) is 5.26 Å². The van der Waals surface area contributed by atoms with Gasteiger partial charge in [-0.05, 0) is 56.5 Å². The molecule has 2 aliphatic rings. The lowest BCUT2D eigenvalue weighted by Crippen LogP contribution is -2.67. The molecule has 0 bridgehead atoms. The summed E-state index contributed by atoms with van der Waals surface area (Å²) in [6, 6.07) is 8.98. The minimum Gasteiger partial charge on any atom is -0.311 e. The molecule has 0 spiro atoms. The average Bonchev–Trinajstić information content (AvgIpc) is 3.14. The van der Waals surface area contributed by atoms with Crippen molar-refractivity contribution < 1.29 is 13.2 Å². The summed E-state index contributed by atoms with van der Waals surface area (Å²) in [6.45, 7) is 2.80. The number of aromatic nitrogens is 4. The van der Waals surface area contributed by atoms with Crippen LogP contribution in [-0.2, 0) is 19.6 Å². The number of nitriles is 1. The number of aryl methyl sites for hydroxylation is 2. The van der Waals surface area contributed by atoms with E-state index in [1.54, 1.807) is 25.2 Å². The van der Waals surface area contributed by atoms with E-state index in [-0.39, 0.29) is 11.3 Å². The minimum atomic E-state index is -4.48. The third-order valence-corrected chi connectivity index (χ3v) is 6.79. The fourth-order valence-electron chi connectivity index (χ4n) is 4.97. The van der Waals surface area contributed by atoms with Gasteiger partial charge in [-0.2, -0.15) is 18.4 Å². The van der Waals surface area contributed by atoms with Crippen LogP contribution in [0.5, 0.6) is 0 Å². The van der Waals surface area contributed by atoms with Crippen molar-refractivity contribution >= 4 is 11.0 Å². The topological polar surface area (TPSA) is 82.7 Å². The number of alkyl halides is 3. The number of halogens is 3. The first-order valence-electron chi connectivity index (χ1n) is 11.1. The summed E-state index contributed by atoms with van der Waals surface area (Å²) >= 11 is 0. The number of hydrogen-bond donors (Lipinski definition) is 1. The molecule has 0 saturated carbocycles. The van der Waals surface area contributed by atoms with Gasteiger partial charge in [0.15, 0.2) is 5.69 Å². The Hall–Kier alpha value is -3.03. The molecule has 2 aromatic heterocycles. The third kappa shape index (κ3) is 4.07. The number of rotatable bonds is 5. The highest BCUT2D eigenvalue weighted by atomic mass is 19.4. The lowest BCUT2D eigenvalue weighted by molar-refractivity contribution is -0.138. The highest BCUT2D eigenvalue weighted by Gasteiger charge is 2.37. The highest BCUT2D eigenvalue weighted by molar-refractivity contribution is 5.83. The molecule has 172 valence electrons. The van der Waals surface area contributed by atoms with Crippen LogP contribution in [-0.4, -0.2) is 56.6 Å². The van der Waals surface area contributed by atoms with Crippen LogP contribution in [0.2, 0.25) is 0 Å². The second-order valence-corrected chi connectivity index (χ2v) is 8.78. The number of likely N-dealkylation sites (tertiary alicyclic amines) is 1. The molecule has 0 aliphatic carbocycles. The van der Waals surface area contributed by atoms with Gasteiger partial charge in [0, 0.05) is 31.2 Å². The quantitative estimate of drug-likeness (QED) is 0.636. The van der Waals surface area contributed by atoms with Crippen molar-refractivity contribution in [3.8, 4) is 17.3 Å². The summed E-state index contributed by atoms with van der Waals surface area (Å²) in [6.07, 6.45) is -1.13. The largest absolute Gasteiger partial charge is 0.416 e. The van der Waals surface area contributed by atoms with Gasteiger partial charge in [0.05, 0.1) is 16.8 Å². The van der Waals surface area contributed by atoms with Gasteiger partial charge in [0.2, 0.25) is 0 Å². The summed E-state index contributed by atoms with van der Waals surface area (Å²) in [7, 11) is 1.66. The Morgan fingerprint density at radius 2 is 2.12 bits per heavy atom. The van der Waals surface area contributed by atoms with E-state index >= 15 is 0 Å². The first-order chi connectivity index (χ1) is 15.8. The maximum Gasteiger partial charge on any atom is 0.416 e. The number of hydrogen-bond acceptors (Lipinski definition) is 6. The molecule has 2 fully saturated rings. The normalized spacial score (nSPS) is 20.9. The summed E-state index contributed by atoms with van der Waals surface area (Å²) in [5.74, 6) is 0. The predicted octanol–water partition coefficient (Wildman–Crippen LogP) is 3.29. The number of nitrogens with one attached hydrogen (secondary N) is 1. The van der Waals surface area contributed by atoms with E-state index in [9.17, 15) is 18.4 Å². The molecular weight excluding hydrogens is 431 g/mol. The zero-order chi connectivity index (χ0) is 23.2. The monoisotopic (exact) mass is 455 g/mol. The smallest absolute Gasteiger partial charge is 0.311 e. The van der Waals surface area contributed by atoms with E-state index in [1.807, 2.05) is 6.07 Å². The standard InChI is InChI=1S/C23H24F3N7/c1-32-20-11-18(29-19(12-27)22(20)30-31-32)15-7-6-14(16(10-15)23(24,25)26)4-2-8-33-9-3-5-17-21(33)13-28-17/h6-7,10-11,17,21,28H,2-5,8-9,13H2,1H3. The van der Waals surface area contributed by atoms with Crippen LogP contribution in [0.3, 0.4) is 0 Å². The molecule has 2 atom stereocenters. The first kappa shape index (κ1) is 21.8. The summed E-state index contributed by atoms with van der Waals surface area (Å²) in [5.41, 5.74) is 1.15. The van der Waals surface area contributed by atoms with Gasteiger partial charge >= 0.3 is 6.18 Å². The van der Waals surface area contributed by atoms with Crippen molar-refractivity contribution in [2.45, 2.75) is 43.9 Å². The SMILES string of the molecule is Cn1nnc2c(C#N)nc(-c3ccc(CCCN4CCCC5NCC54)c(C(F)(F)F)c3)cc21. The Balaban J connectivity index is 1.40. The van der Waals surface area contributed by atoms with Gasteiger partial charge in [-0.1, -0.05) is 17.3 Å². The molecule has 5 rings (SSSR count). The van der Waals surface area contributed by atoms with Crippen LogP contribution in [0.1, 0.15) is 36.1 Å². The lowest BCUT2D eigenvalue weighted by Gasteiger charge is -2.49. The molecule has 2 aliphatic heterocycles. The van der Waals surface area contributed by atoms with E-state index in [0.29, 0.717) is 47.2 Å². The second-order valence-electron chi connectivity index (χ2n) is 8.78. The predicted molar refractivity (Wildman–Crippen MR) is 116 cm³/mol. The second kappa shape index (κ2) is 8.39. The van der Waals surface area contributed by atoms with Crippen LogP contribution in [0, 0.1) is 11.3 Å². The summed E-state index contributed by atoms with van der Waals surface area (Å²) in [5, 5.41) is 20.6. The van der Waals surface area contributed by atoms with E-state index in [4.69, 9.17) is 0 Å². The van der Waals surface area contributed by atoms with Gasteiger partial charge in [-0.3, -0.25) is 4.90 Å². The molecule has 0 amide bonds. The Morgan fingerprint density at radius 1 is 1.27 bits per heavy atom. The van der Waals surface area contributed by atoms with Crippen molar-refractivity contribution in [2.24, 2.45) is 7.05 Å². The van der Waals surface area contributed by atoms with Gasteiger partial charge in [0.25, 0.3) is 0 Å². The number of nitrogens with zero attached hydrogens (tertiary/aromatic N) is 6. The van der Waals surface area contributed by atoms with Gasteiger partial charge in [-0.25, -0.2) is 9.67 Å². The maximum absolute atomic E-state index is 13.9. The fraction of sp³-hybridized carbons (Fsp3) is 0.478. The van der Waals surface area contributed by atoms with Crippen LogP contribution < -0.4 is 5.32 Å². The van der Waals surface area contributed by atoms with Crippen LogP contribution in [0.25, 0.3) is 22.3 Å². The number of fused-ring (bicyclic) bond motifs is 2. The molecule has 1 aromatic carbocycles. The molecule has 3 aromatic rings. The number of piperidine rings is 1. The molecule has 7 nitrogen and oxygen atoms in total. The molecule has 10 heteroatoms. The van der Waals surface area contributed by atoms with E-state index in [1.165, 1.54) is 11.1 Å². The Kier molecular flexibility index (Phi) is 5.54. The molecule has 0 radical (unpaired) electrons. The van der Waals surface area contributed by atoms with Crippen molar-refractivity contribution in [3.63, 3.8) is 0 Å². The zero-order valence-electron chi connectivity index (χ0n) is 18.2. The van der Waals surface area contributed by atoms with Crippen molar-refractivity contribution in [3.05, 3.63) is 41.1 Å². The average molecular weight is 455 g/mol. The van der Waals surface area contributed by atoms with Gasteiger partial charge in [-0.15, -0.1) is 5.10 Å². The summed E-state index contributed by atoms with van der Waals surface area (Å²) < 4.78 is 43.3. The molecular formula is C23H24F3N7. The lowest BCUT2D eigenvalue weighted by atomic mass is 9.89. The van der Waals surface area contributed by atoms with Crippen LogP contribution >= 0.6 is 0 Å². The number of pyridine rings is 1. The highest BCUT2D eigenvalue weighted by Crippen LogP contribution is 2.36. The third-order valence-electron chi connectivity index (χ3n) is 6.79. The van der Waals surface area contributed by atoms with Crippen molar-refractivity contribution in [2.75, 3.05) is 19.6 Å².